The zero-order valence-electron chi connectivity index (χ0n) is 11.8. The lowest BCUT2D eigenvalue weighted by Crippen LogP contribution is -2.11. The van der Waals surface area contributed by atoms with Crippen LogP contribution in [0.3, 0.4) is 0 Å². The molecule has 2 rings (SSSR count). The Morgan fingerprint density at radius 1 is 1.45 bits per heavy atom. The van der Waals surface area contributed by atoms with Gasteiger partial charge in [0.25, 0.3) is 5.91 Å². The second kappa shape index (κ2) is 6.15. The number of nitrogens with one attached hydrogen (secondary N) is 1. The first kappa shape index (κ1) is 14.7. The van der Waals surface area contributed by atoms with Crippen LogP contribution in [0.5, 0.6) is 0 Å². The molecule has 0 fully saturated rings. The van der Waals surface area contributed by atoms with Gasteiger partial charge in [-0.05, 0) is 24.1 Å². The third-order valence-electron chi connectivity index (χ3n) is 2.97. The summed E-state index contributed by atoms with van der Waals surface area (Å²) in [6.07, 6.45) is 1.61. The number of aliphatic hydroxyl groups excluding tert-OH is 1. The van der Waals surface area contributed by atoms with Crippen LogP contribution < -0.4 is 5.32 Å². The Morgan fingerprint density at radius 2 is 2.20 bits per heavy atom. The van der Waals surface area contributed by atoms with Gasteiger partial charge in [0.15, 0.2) is 0 Å². The number of rotatable bonds is 4. The van der Waals surface area contributed by atoms with Gasteiger partial charge in [-0.3, -0.25) is 4.79 Å². The van der Waals surface area contributed by atoms with Crippen LogP contribution in [0.25, 0.3) is 0 Å². The topological polar surface area (TPSA) is 62.2 Å². The number of anilines is 1. The molecule has 0 aliphatic carbocycles. The van der Waals surface area contributed by atoms with E-state index in [9.17, 15) is 4.79 Å². The Balaban J connectivity index is 2.18. The number of carbonyl (C=O) groups is 1. The Hall–Kier alpha value is -1.72. The molecule has 0 bridgehead atoms. The van der Waals surface area contributed by atoms with Gasteiger partial charge in [-0.15, -0.1) is 11.3 Å². The van der Waals surface area contributed by atoms with E-state index in [4.69, 9.17) is 5.11 Å². The van der Waals surface area contributed by atoms with Gasteiger partial charge in [0, 0.05) is 11.6 Å². The molecule has 0 aliphatic heterocycles. The average molecular weight is 290 g/mol. The summed E-state index contributed by atoms with van der Waals surface area (Å²) in [5.41, 5.74) is 2.46. The van der Waals surface area contributed by atoms with Crippen LogP contribution in [0.1, 0.15) is 45.6 Å². The smallest absolute Gasteiger partial charge is 0.267 e. The number of aliphatic hydroxyl groups is 1. The molecule has 1 aromatic heterocycles. The molecule has 0 atom stereocenters. The van der Waals surface area contributed by atoms with E-state index in [1.165, 1.54) is 11.3 Å². The van der Waals surface area contributed by atoms with Crippen molar-refractivity contribution in [2.75, 3.05) is 5.32 Å². The number of aryl methyl sites for hydroxylation is 1. The largest absolute Gasteiger partial charge is 0.392 e. The van der Waals surface area contributed by atoms with E-state index in [1.54, 1.807) is 12.3 Å². The fraction of sp³-hybridized carbons (Fsp3) is 0.333. The summed E-state index contributed by atoms with van der Waals surface area (Å²) in [5, 5.41) is 13.0. The number of benzene rings is 1. The lowest BCUT2D eigenvalue weighted by Gasteiger charge is -2.08. The minimum absolute atomic E-state index is 0.0405. The molecule has 5 heteroatoms. The van der Waals surface area contributed by atoms with E-state index in [2.05, 4.69) is 24.1 Å². The molecular formula is C15H18N2O2S. The minimum atomic E-state index is -0.160. The van der Waals surface area contributed by atoms with Crippen LogP contribution in [0.15, 0.2) is 24.4 Å². The number of hydrogen-bond donors (Lipinski definition) is 2. The van der Waals surface area contributed by atoms with E-state index < -0.39 is 0 Å². The van der Waals surface area contributed by atoms with Crippen LogP contribution in [0.2, 0.25) is 0 Å². The van der Waals surface area contributed by atoms with Crippen molar-refractivity contribution in [3.63, 3.8) is 0 Å². The van der Waals surface area contributed by atoms with Crippen molar-refractivity contribution < 1.29 is 9.90 Å². The van der Waals surface area contributed by atoms with Crippen LogP contribution in [0.4, 0.5) is 5.69 Å². The van der Waals surface area contributed by atoms with Crippen LogP contribution in [0, 0.1) is 6.92 Å². The van der Waals surface area contributed by atoms with E-state index in [-0.39, 0.29) is 12.5 Å². The minimum Gasteiger partial charge on any atom is -0.392 e. The molecule has 0 unspecified atom stereocenters. The van der Waals surface area contributed by atoms with E-state index in [0.29, 0.717) is 10.8 Å². The molecule has 4 nitrogen and oxygen atoms in total. The molecular weight excluding hydrogens is 272 g/mol. The van der Waals surface area contributed by atoms with E-state index >= 15 is 0 Å². The molecule has 2 aromatic rings. The molecule has 1 aromatic carbocycles. The first-order valence-electron chi connectivity index (χ1n) is 6.48. The summed E-state index contributed by atoms with van der Waals surface area (Å²) in [7, 11) is 0. The highest BCUT2D eigenvalue weighted by Gasteiger charge is 2.13. The predicted octanol–water partition coefficient (Wildman–Crippen LogP) is 3.32. The van der Waals surface area contributed by atoms with Gasteiger partial charge in [0.2, 0.25) is 0 Å². The standard InChI is InChI=1S/C15H18N2O2S/c1-9(2)15-16-7-13(20-15)14(19)17-12-6-11(8-18)5-4-10(12)3/h4-7,9,18H,8H2,1-3H3,(H,17,19). The predicted molar refractivity (Wildman–Crippen MR) is 81.3 cm³/mol. The van der Waals surface area contributed by atoms with Crippen molar-refractivity contribution in [2.24, 2.45) is 0 Å². The molecule has 20 heavy (non-hydrogen) atoms. The zero-order chi connectivity index (χ0) is 14.7. The van der Waals surface area contributed by atoms with E-state index in [0.717, 1.165) is 21.8 Å². The third kappa shape index (κ3) is 3.23. The summed E-state index contributed by atoms with van der Waals surface area (Å²) >= 11 is 1.41. The number of thiazole rings is 1. The molecule has 0 radical (unpaired) electrons. The van der Waals surface area contributed by atoms with Crippen molar-refractivity contribution in [3.8, 4) is 0 Å². The van der Waals surface area contributed by atoms with Gasteiger partial charge in [-0.2, -0.15) is 0 Å². The summed E-state index contributed by atoms with van der Waals surface area (Å²) in [6, 6.07) is 5.51. The second-order valence-corrected chi connectivity index (χ2v) is 6.04. The Bertz CT molecular complexity index is 620. The fourth-order valence-corrected chi connectivity index (χ4v) is 2.56. The van der Waals surface area contributed by atoms with Crippen molar-refractivity contribution in [2.45, 2.75) is 33.3 Å². The summed E-state index contributed by atoms with van der Waals surface area (Å²) < 4.78 is 0. The summed E-state index contributed by atoms with van der Waals surface area (Å²) in [5.74, 6) is 0.161. The third-order valence-corrected chi connectivity index (χ3v) is 4.27. The van der Waals surface area contributed by atoms with Crippen molar-refractivity contribution in [3.05, 3.63) is 45.4 Å². The number of amides is 1. The highest BCUT2D eigenvalue weighted by atomic mass is 32.1. The molecule has 1 amide bonds. The highest BCUT2D eigenvalue weighted by Crippen LogP contribution is 2.23. The average Bonchev–Trinajstić information content (AvgIpc) is 2.91. The number of hydrogen-bond acceptors (Lipinski definition) is 4. The molecule has 0 saturated heterocycles. The second-order valence-electron chi connectivity index (χ2n) is 4.98. The van der Waals surface area contributed by atoms with Gasteiger partial charge >= 0.3 is 0 Å². The maximum atomic E-state index is 12.2. The SMILES string of the molecule is Cc1ccc(CO)cc1NC(=O)c1cnc(C(C)C)s1. The van der Waals surface area contributed by atoms with Crippen LogP contribution in [-0.4, -0.2) is 16.0 Å². The van der Waals surface area contributed by atoms with Gasteiger partial charge in [-0.25, -0.2) is 4.98 Å². The molecule has 0 saturated carbocycles. The van der Waals surface area contributed by atoms with E-state index in [1.807, 2.05) is 19.1 Å². The summed E-state index contributed by atoms with van der Waals surface area (Å²) in [6.45, 7) is 5.98. The first-order valence-corrected chi connectivity index (χ1v) is 7.30. The van der Waals surface area contributed by atoms with Crippen LogP contribution >= 0.6 is 11.3 Å². The molecule has 0 spiro atoms. The lowest BCUT2D eigenvalue weighted by atomic mass is 10.1. The molecule has 0 aliphatic rings. The summed E-state index contributed by atoms with van der Waals surface area (Å²) in [4.78, 5) is 17.1. The van der Waals surface area contributed by atoms with Gasteiger partial charge in [0.05, 0.1) is 17.8 Å². The van der Waals surface area contributed by atoms with Crippen molar-refractivity contribution in [1.82, 2.24) is 4.98 Å². The zero-order valence-corrected chi connectivity index (χ0v) is 12.6. The van der Waals surface area contributed by atoms with Crippen molar-refractivity contribution >= 4 is 22.9 Å². The van der Waals surface area contributed by atoms with Crippen molar-refractivity contribution in [1.29, 1.82) is 0 Å². The quantitative estimate of drug-likeness (QED) is 0.908. The monoisotopic (exact) mass is 290 g/mol. The first-order chi connectivity index (χ1) is 9.51. The Kier molecular flexibility index (Phi) is 4.52. The Morgan fingerprint density at radius 3 is 2.80 bits per heavy atom. The Labute approximate surface area is 122 Å². The van der Waals surface area contributed by atoms with Crippen LogP contribution in [-0.2, 0) is 6.61 Å². The molecule has 106 valence electrons. The molecule has 2 N–H and O–H groups in total. The number of nitrogens with zero attached hydrogens (tertiary/aromatic N) is 1. The van der Waals surface area contributed by atoms with Gasteiger partial charge < -0.3 is 10.4 Å². The highest BCUT2D eigenvalue weighted by molar-refractivity contribution is 7.13. The molecule has 1 heterocycles. The maximum Gasteiger partial charge on any atom is 0.267 e. The van der Waals surface area contributed by atoms with Gasteiger partial charge in [0.1, 0.15) is 4.88 Å². The lowest BCUT2D eigenvalue weighted by molar-refractivity contribution is 0.103. The number of aromatic nitrogens is 1. The maximum absolute atomic E-state index is 12.2. The normalized spacial score (nSPS) is 10.8. The fourth-order valence-electron chi connectivity index (χ4n) is 1.75. The number of carbonyl (C=O) groups excluding carboxylic acids is 1. The van der Waals surface area contributed by atoms with Gasteiger partial charge in [-0.1, -0.05) is 26.0 Å².